The summed E-state index contributed by atoms with van der Waals surface area (Å²) in [5.74, 6) is 1.56. The molecule has 2 aromatic rings. The van der Waals surface area contributed by atoms with Crippen LogP contribution >= 0.6 is 0 Å². The molecule has 160 valence electrons. The highest BCUT2D eigenvalue weighted by molar-refractivity contribution is 5.94. The molecule has 7 nitrogen and oxygen atoms in total. The van der Waals surface area contributed by atoms with Gasteiger partial charge in [0.05, 0.1) is 7.11 Å². The van der Waals surface area contributed by atoms with Gasteiger partial charge in [-0.05, 0) is 48.2 Å². The molecule has 7 heteroatoms. The number of rotatable bonds is 7. The second-order valence-corrected chi connectivity index (χ2v) is 7.30. The standard InChI is InChI=1S/C23H30N4O3/c1-24-23(27(2)16-17-9-11-20(29-3)12-10-17)25-15-18-6-4-7-19(14-18)26-22(28)21-8-5-13-30-21/h4,6-7,9-12,14,21H,5,8,13,15-16H2,1-3H3,(H,24,25)(H,26,28). The van der Waals surface area contributed by atoms with Crippen LogP contribution in [0.15, 0.2) is 53.5 Å². The molecule has 1 aliphatic heterocycles. The Morgan fingerprint density at radius 1 is 1.23 bits per heavy atom. The fourth-order valence-electron chi connectivity index (χ4n) is 3.41. The van der Waals surface area contributed by atoms with E-state index in [-0.39, 0.29) is 12.0 Å². The topological polar surface area (TPSA) is 75.2 Å². The van der Waals surface area contributed by atoms with Gasteiger partial charge in [-0.3, -0.25) is 9.79 Å². The molecule has 2 N–H and O–H groups in total. The zero-order chi connectivity index (χ0) is 21.3. The van der Waals surface area contributed by atoms with Gasteiger partial charge in [-0.25, -0.2) is 0 Å². The number of nitrogens with one attached hydrogen (secondary N) is 2. The third kappa shape index (κ3) is 5.97. The van der Waals surface area contributed by atoms with Gasteiger partial charge in [-0.2, -0.15) is 0 Å². The Morgan fingerprint density at radius 2 is 2.03 bits per heavy atom. The lowest BCUT2D eigenvalue weighted by atomic mass is 10.2. The third-order valence-corrected chi connectivity index (χ3v) is 5.02. The summed E-state index contributed by atoms with van der Waals surface area (Å²) >= 11 is 0. The summed E-state index contributed by atoms with van der Waals surface area (Å²) < 4.78 is 10.7. The first kappa shape index (κ1) is 21.6. The summed E-state index contributed by atoms with van der Waals surface area (Å²) in [6, 6.07) is 15.8. The smallest absolute Gasteiger partial charge is 0.253 e. The van der Waals surface area contributed by atoms with Crippen molar-refractivity contribution in [1.82, 2.24) is 10.2 Å². The van der Waals surface area contributed by atoms with Crippen LogP contribution in [0, 0.1) is 0 Å². The number of hydrogen-bond donors (Lipinski definition) is 2. The average molecular weight is 411 g/mol. The van der Waals surface area contributed by atoms with Gasteiger partial charge in [0.25, 0.3) is 5.91 Å². The number of aliphatic imine (C=N–C) groups is 1. The van der Waals surface area contributed by atoms with Gasteiger partial charge in [-0.15, -0.1) is 0 Å². The monoisotopic (exact) mass is 410 g/mol. The van der Waals surface area contributed by atoms with Crippen molar-refractivity contribution in [2.75, 3.05) is 33.1 Å². The maximum absolute atomic E-state index is 12.3. The van der Waals surface area contributed by atoms with Gasteiger partial charge >= 0.3 is 0 Å². The fraction of sp³-hybridized carbons (Fsp3) is 0.391. The third-order valence-electron chi connectivity index (χ3n) is 5.02. The number of benzene rings is 2. The van der Waals surface area contributed by atoms with Crippen molar-refractivity contribution < 1.29 is 14.3 Å². The number of carbonyl (C=O) groups is 1. The Balaban J connectivity index is 1.54. The molecule has 30 heavy (non-hydrogen) atoms. The van der Waals surface area contributed by atoms with E-state index in [4.69, 9.17) is 9.47 Å². The van der Waals surface area contributed by atoms with Crippen LogP contribution in [-0.4, -0.2) is 50.7 Å². The summed E-state index contributed by atoms with van der Waals surface area (Å²) in [7, 11) is 5.43. The van der Waals surface area contributed by atoms with E-state index in [0.29, 0.717) is 13.2 Å². The number of nitrogens with zero attached hydrogens (tertiary/aromatic N) is 2. The molecule has 0 aliphatic carbocycles. The lowest BCUT2D eigenvalue weighted by Crippen LogP contribution is -2.38. The van der Waals surface area contributed by atoms with E-state index in [9.17, 15) is 4.79 Å². The molecular formula is C23H30N4O3. The lowest BCUT2D eigenvalue weighted by Gasteiger charge is -2.22. The largest absolute Gasteiger partial charge is 0.497 e. The van der Waals surface area contributed by atoms with Crippen LogP contribution in [0.25, 0.3) is 0 Å². The Bertz CT molecular complexity index is 861. The number of amides is 1. The number of hydrogen-bond acceptors (Lipinski definition) is 4. The van der Waals surface area contributed by atoms with E-state index >= 15 is 0 Å². The van der Waals surface area contributed by atoms with Crippen molar-refractivity contribution in [2.24, 2.45) is 4.99 Å². The average Bonchev–Trinajstić information content (AvgIpc) is 3.30. The molecule has 0 bridgehead atoms. The maximum atomic E-state index is 12.3. The predicted molar refractivity (Wildman–Crippen MR) is 119 cm³/mol. The van der Waals surface area contributed by atoms with Gasteiger partial charge in [0.15, 0.2) is 5.96 Å². The Labute approximate surface area is 178 Å². The number of anilines is 1. The predicted octanol–water partition coefficient (Wildman–Crippen LogP) is 3.02. The SMILES string of the molecule is CN=C(NCc1cccc(NC(=O)C2CCCO2)c1)N(C)Cc1ccc(OC)cc1. The van der Waals surface area contributed by atoms with Crippen molar-refractivity contribution in [3.8, 4) is 5.75 Å². The van der Waals surface area contributed by atoms with E-state index in [2.05, 4.69) is 20.5 Å². The molecule has 1 unspecified atom stereocenters. The molecule has 1 amide bonds. The molecule has 1 heterocycles. The van der Waals surface area contributed by atoms with Crippen LogP contribution in [-0.2, 0) is 22.6 Å². The zero-order valence-corrected chi connectivity index (χ0v) is 17.9. The van der Waals surface area contributed by atoms with Crippen molar-refractivity contribution >= 4 is 17.6 Å². The van der Waals surface area contributed by atoms with Crippen molar-refractivity contribution in [2.45, 2.75) is 32.0 Å². The van der Waals surface area contributed by atoms with E-state index in [1.165, 1.54) is 5.56 Å². The molecule has 1 saturated heterocycles. The maximum Gasteiger partial charge on any atom is 0.253 e. The number of carbonyl (C=O) groups excluding carboxylic acids is 1. The lowest BCUT2D eigenvalue weighted by molar-refractivity contribution is -0.124. The van der Waals surface area contributed by atoms with E-state index in [1.807, 2.05) is 55.6 Å². The van der Waals surface area contributed by atoms with Crippen LogP contribution in [0.3, 0.4) is 0 Å². The summed E-state index contributed by atoms with van der Waals surface area (Å²) in [6.45, 7) is 1.98. The van der Waals surface area contributed by atoms with Crippen LogP contribution < -0.4 is 15.4 Å². The van der Waals surface area contributed by atoms with E-state index < -0.39 is 0 Å². The molecule has 3 rings (SSSR count). The zero-order valence-electron chi connectivity index (χ0n) is 17.9. The van der Waals surface area contributed by atoms with Crippen LogP contribution in [0.1, 0.15) is 24.0 Å². The quantitative estimate of drug-likeness (QED) is 0.542. The Hall–Kier alpha value is -3.06. The van der Waals surface area contributed by atoms with E-state index in [0.717, 1.165) is 42.3 Å². The van der Waals surface area contributed by atoms with Gasteiger partial charge in [0.2, 0.25) is 0 Å². The second-order valence-electron chi connectivity index (χ2n) is 7.30. The summed E-state index contributed by atoms with van der Waals surface area (Å²) in [5.41, 5.74) is 3.00. The first-order valence-corrected chi connectivity index (χ1v) is 10.1. The first-order chi connectivity index (χ1) is 14.6. The second kappa shape index (κ2) is 10.6. The van der Waals surface area contributed by atoms with Crippen molar-refractivity contribution in [3.05, 3.63) is 59.7 Å². The molecule has 0 radical (unpaired) electrons. The van der Waals surface area contributed by atoms with E-state index in [1.54, 1.807) is 14.2 Å². The number of ether oxygens (including phenoxy) is 2. The highest BCUT2D eigenvalue weighted by atomic mass is 16.5. The van der Waals surface area contributed by atoms with Gasteiger partial charge < -0.3 is 25.0 Å². The van der Waals surface area contributed by atoms with Gasteiger partial charge in [0, 0.05) is 39.5 Å². The summed E-state index contributed by atoms with van der Waals surface area (Å²) in [4.78, 5) is 18.7. The normalized spacial score (nSPS) is 16.2. The molecule has 0 spiro atoms. The first-order valence-electron chi connectivity index (χ1n) is 10.1. The molecule has 0 aromatic heterocycles. The highest BCUT2D eigenvalue weighted by Crippen LogP contribution is 2.16. The van der Waals surface area contributed by atoms with Crippen LogP contribution in [0.4, 0.5) is 5.69 Å². The Morgan fingerprint density at radius 3 is 2.70 bits per heavy atom. The molecule has 1 fully saturated rings. The highest BCUT2D eigenvalue weighted by Gasteiger charge is 2.23. The van der Waals surface area contributed by atoms with Crippen molar-refractivity contribution in [3.63, 3.8) is 0 Å². The molecule has 1 atom stereocenters. The van der Waals surface area contributed by atoms with Gasteiger partial charge in [-0.1, -0.05) is 24.3 Å². The summed E-state index contributed by atoms with van der Waals surface area (Å²) in [5, 5.41) is 6.33. The Kier molecular flexibility index (Phi) is 7.68. The molecular weight excluding hydrogens is 380 g/mol. The minimum absolute atomic E-state index is 0.0763. The summed E-state index contributed by atoms with van der Waals surface area (Å²) in [6.07, 6.45) is 1.38. The van der Waals surface area contributed by atoms with Gasteiger partial charge in [0.1, 0.15) is 11.9 Å². The number of methoxy groups -OCH3 is 1. The molecule has 1 aliphatic rings. The number of guanidine groups is 1. The van der Waals surface area contributed by atoms with Crippen molar-refractivity contribution in [1.29, 1.82) is 0 Å². The minimum Gasteiger partial charge on any atom is -0.497 e. The minimum atomic E-state index is -0.336. The van der Waals surface area contributed by atoms with Crippen LogP contribution in [0.2, 0.25) is 0 Å². The fourth-order valence-corrected chi connectivity index (χ4v) is 3.41. The molecule has 2 aromatic carbocycles. The van der Waals surface area contributed by atoms with Crippen LogP contribution in [0.5, 0.6) is 5.75 Å². The molecule has 0 saturated carbocycles.